The van der Waals surface area contributed by atoms with E-state index in [0.29, 0.717) is 17.0 Å². The molecule has 2 aromatic rings. The molecule has 0 heterocycles. The summed E-state index contributed by atoms with van der Waals surface area (Å²) in [5.41, 5.74) is 1.85. The molecule has 29 heavy (non-hydrogen) atoms. The molecule has 0 fully saturated rings. The zero-order chi connectivity index (χ0) is 21.8. The van der Waals surface area contributed by atoms with Gasteiger partial charge in [-0.15, -0.1) is 0 Å². The van der Waals surface area contributed by atoms with Crippen molar-refractivity contribution in [2.24, 2.45) is 0 Å². The number of esters is 1. The summed E-state index contributed by atoms with van der Waals surface area (Å²) in [5, 5.41) is 2.66. The molecule has 9 heteroatoms. The summed E-state index contributed by atoms with van der Waals surface area (Å²) in [6, 6.07) is 10.1. The van der Waals surface area contributed by atoms with E-state index in [0.717, 1.165) is 16.1 Å². The highest BCUT2D eigenvalue weighted by Gasteiger charge is 2.31. The third kappa shape index (κ3) is 5.26. The van der Waals surface area contributed by atoms with E-state index in [1.54, 1.807) is 18.2 Å². The zero-order valence-electron chi connectivity index (χ0n) is 16.9. The minimum absolute atomic E-state index is 0.277. The van der Waals surface area contributed by atoms with E-state index >= 15 is 0 Å². The lowest BCUT2D eigenvalue weighted by Crippen LogP contribution is -2.45. The smallest absolute Gasteiger partial charge is 0.337 e. The molecule has 156 valence electrons. The first kappa shape index (κ1) is 22.2. The Morgan fingerprint density at radius 3 is 2.21 bits per heavy atom. The van der Waals surface area contributed by atoms with Gasteiger partial charge in [0.2, 0.25) is 15.9 Å². The average Bonchev–Trinajstić information content (AvgIpc) is 2.67. The highest BCUT2D eigenvalue weighted by atomic mass is 32.2. The van der Waals surface area contributed by atoms with Crippen LogP contribution in [0.25, 0.3) is 0 Å². The molecule has 1 atom stereocenters. The monoisotopic (exact) mass is 420 g/mol. The number of amides is 1. The van der Waals surface area contributed by atoms with Crippen LogP contribution in [0.4, 0.5) is 11.4 Å². The maximum atomic E-state index is 12.8. The van der Waals surface area contributed by atoms with Crippen LogP contribution >= 0.6 is 0 Å². The summed E-state index contributed by atoms with van der Waals surface area (Å²) in [5.74, 6) is -0.695. The SMILES string of the molecule is COC(=O)c1ccc(NC(=O)[C@H](C)N(c2cc(C)ccc2OC)S(C)(=O)=O)cc1. The van der Waals surface area contributed by atoms with Crippen LogP contribution in [0.2, 0.25) is 0 Å². The van der Waals surface area contributed by atoms with Gasteiger partial charge in [-0.3, -0.25) is 9.10 Å². The number of nitrogens with zero attached hydrogens (tertiary/aromatic N) is 1. The van der Waals surface area contributed by atoms with Crippen molar-refractivity contribution in [2.45, 2.75) is 19.9 Å². The molecule has 2 rings (SSSR count). The molecule has 0 aliphatic heterocycles. The van der Waals surface area contributed by atoms with Crippen LogP contribution in [-0.4, -0.2) is 46.8 Å². The lowest BCUT2D eigenvalue weighted by molar-refractivity contribution is -0.116. The number of hydrogen-bond acceptors (Lipinski definition) is 6. The molecule has 0 saturated carbocycles. The molecule has 0 aromatic heterocycles. The number of benzene rings is 2. The second-order valence-electron chi connectivity index (χ2n) is 6.47. The lowest BCUT2D eigenvalue weighted by Gasteiger charge is -2.29. The number of hydrogen-bond donors (Lipinski definition) is 1. The Hall–Kier alpha value is -3.07. The molecule has 0 saturated heterocycles. The molecule has 0 unspecified atom stereocenters. The van der Waals surface area contributed by atoms with Crippen LogP contribution in [0.1, 0.15) is 22.8 Å². The molecule has 1 amide bonds. The molecule has 8 nitrogen and oxygen atoms in total. The first-order valence-electron chi connectivity index (χ1n) is 8.71. The number of rotatable bonds is 7. The quantitative estimate of drug-likeness (QED) is 0.691. The molecule has 1 N–H and O–H groups in total. The minimum atomic E-state index is -3.79. The number of sulfonamides is 1. The van der Waals surface area contributed by atoms with Crippen molar-refractivity contribution in [3.8, 4) is 5.75 Å². The summed E-state index contributed by atoms with van der Waals surface area (Å²) >= 11 is 0. The maximum absolute atomic E-state index is 12.8. The van der Waals surface area contributed by atoms with E-state index < -0.39 is 27.9 Å². The van der Waals surface area contributed by atoms with Gasteiger partial charge in [-0.1, -0.05) is 6.07 Å². The Morgan fingerprint density at radius 2 is 1.69 bits per heavy atom. The van der Waals surface area contributed by atoms with Crippen LogP contribution in [0.3, 0.4) is 0 Å². The average molecular weight is 420 g/mol. The van der Waals surface area contributed by atoms with E-state index in [2.05, 4.69) is 10.1 Å². The van der Waals surface area contributed by atoms with Gasteiger partial charge in [0, 0.05) is 5.69 Å². The van der Waals surface area contributed by atoms with Gasteiger partial charge in [0.25, 0.3) is 0 Å². The standard InChI is InChI=1S/C20H24N2O6S/c1-13-6-11-18(27-3)17(12-13)22(29(5,25)26)14(2)19(23)21-16-9-7-15(8-10-16)20(24)28-4/h6-12,14H,1-5H3,(H,21,23)/t14-/m0/s1. The first-order valence-corrected chi connectivity index (χ1v) is 10.6. The third-order valence-electron chi connectivity index (χ3n) is 4.23. The highest BCUT2D eigenvalue weighted by molar-refractivity contribution is 7.92. The van der Waals surface area contributed by atoms with Gasteiger partial charge in [0.05, 0.1) is 31.7 Å². The fraction of sp³-hybridized carbons (Fsp3) is 0.300. The van der Waals surface area contributed by atoms with E-state index in [4.69, 9.17) is 4.74 Å². The topological polar surface area (TPSA) is 102 Å². The van der Waals surface area contributed by atoms with Gasteiger partial charge in [0.15, 0.2) is 0 Å². The van der Waals surface area contributed by atoms with Gasteiger partial charge in [-0.05, 0) is 55.8 Å². The lowest BCUT2D eigenvalue weighted by atomic mass is 10.1. The number of anilines is 2. The van der Waals surface area contributed by atoms with E-state index in [1.807, 2.05) is 6.92 Å². The highest BCUT2D eigenvalue weighted by Crippen LogP contribution is 2.32. The van der Waals surface area contributed by atoms with Gasteiger partial charge >= 0.3 is 5.97 Å². The van der Waals surface area contributed by atoms with E-state index in [-0.39, 0.29) is 5.69 Å². The maximum Gasteiger partial charge on any atom is 0.337 e. The molecule has 0 aliphatic rings. The number of carbonyl (C=O) groups excluding carboxylic acids is 2. The van der Waals surface area contributed by atoms with Crippen LogP contribution in [-0.2, 0) is 19.6 Å². The minimum Gasteiger partial charge on any atom is -0.495 e. The molecule has 0 aliphatic carbocycles. The van der Waals surface area contributed by atoms with Crippen molar-refractivity contribution in [1.82, 2.24) is 0 Å². The predicted octanol–water partition coefficient (Wildman–Crippen LogP) is 2.58. The van der Waals surface area contributed by atoms with Crippen molar-refractivity contribution in [1.29, 1.82) is 0 Å². The largest absolute Gasteiger partial charge is 0.495 e. The second-order valence-corrected chi connectivity index (χ2v) is 8.33. The number of nitrogens with one attached hydrogen (secondary N) is 1. The molecule has 0 radical (unpaired) electrons. The van der Waals surface area contributed by atoms with Crippen LogP contribution < -0.4 is 14.4 Å². The molecule has 2 aromatic carbocycles. The number of aryl methyl sites for hydroxylation is 1. The van der Waals surface area contributed by atoms with Crippen molar-refractivity contribution in [3.05, 3.63) is 53.6 Å². The zero-order valence-corrected chi connectivity index (χ0v) is 17.7. The van der Waals surface area contributed by atoms with Crippen molar-refractivity contribution < 1.29 is 27.5 Å². The molecule has 0 bridgehead atoms. The summed E-state index contributed by atoms with van der Waals surface area (Å²) in [6.07, 6.45) is 1.03. The Morgan fingerprint density at radius 1 is 1.07 bits per heavy atom. The van der Waals surface area contributed by atoms with Crippen molar-refractivity contribution >= 4 is 33.3 Å². The fourth-order valence-electron chi connectivity index (χ4n) is 2.81. The Balaban J connectivity index is 2.33. The van der Waals surface area contributed by atoms with Gasteiger partial charge in [-0.25, -0.2) is 13.2 Å². The summed E-state index contributed by atoms with van der Waals surface area (Å²) in [4.78, 5) is 24.3. The van der Waals surface area contributed by atoms with Crippen LogP contribution in [0.15, 0.2) is 42.5 Å². The molecule has 0 spiro atoms. The molecular formula is C20H24N2O6S. The Kier molecular flexibility index (Phi) is 6.86. The van der Waals surface area contributed by atoms with Crippen LogP contribution in [0.5, 0.6) is 5.75 Å². The normalized spacial score (nSPS) is 12.0. The van der Waals surface area contributed by atoms with Gasteiger partial charge in [0.1, 0.15) is 11.8 Å². The number of ether oxygens (including phenoxy) is 2. The summed E-state index contributed by atoms with van der Waals surface area (Å²) in [6.45, 7) is 3.30. The predicted molar refractivity (Wildman–Crippen MR) is 111 cm³/mol. The number of carbonyl (C=O) groups is 2. The Labute approximate surface area is 170 Å². The van der Waals surface area contributed by atoms with E-state index in [1.165, 1.54) is 45.4 Å². The van der Waals surface area contributed by atoms with Gasteiger partial charge < -0.3 is 14.8 Å². The van der Waals surface area contributed by atoms with Crippen molar-refractivity contribution in [2.75, 3.05) is 30.1 Å². The first-order chi connectivity index (χ1) is 13.6. The summed E-state index contributed by atoms with van der Waals surface area (Å²) in [7, 11) is -1.08. The fourth-order valence-corrected chi connectivity index (χ4v) is 3.98. The molecular weight excluding hydrogens is 396 g/mol. The number of methoxy groups -OCH3 is 2. The van der Waals surface area contributed by atoms with Gasteiger partial charge in [-0.2, -0.15) is 0 Å². The van der Waals surface area contributed by atoms with E-state index in [9.17, 15) is 18.0 Å². The Bertz CT molecular complexity index is 1000. The summed E-state index contributed by atoms with van der Waals surface area (Å²) < 4.78 is 36.0. The van der Waals surface area contributed by atoms with Crippen molar-refractivity contribution in [3.63, 3.8) is 0 Å². The van der Waals surface area contributed by atoms with Crippen LogP contribution in [0, 0.1) is 6.92 Å². The third-order valence-corrected chi connectivity index (χ3v) is 5.46. The second kappa shape index (κ2) is 8.95.